The van der Waals surface area contributed by atoms with Crippen LogP contribution < -0.4 is 5.73 Å². The van der Waals surface area contributed by atoms with Crippen molar-refractivity contribution < 1.29 is 0 Å². The van der Waals surface area contributed by atoms with E-state index in [4.69, 9.17) is 5.73 Å². The van der Waals surface area contributed by atoms with Crippen molar-refractivity contribution in [1.29, 1.82) is 0 Å². The molecule has 0 fully saturated rings. The molecule has 2 rings (SSSR count). The summed E-state index contributed by atoms with van der Waals surface area (Å²) >= 11 is 0. The molecule has 0 aliphatic rings. The van der Waals surface area contributed by atoms with Crippen LogP contribution in [0.3, 0.4) is 0 Å². The molecule has 0 spiro atoms. The van der Waals surface area contributed by atoms with Crippen LogP contribution >= 0.6 is 0 Å². The zero-order chi connectivity index (χ0) is 11.9. The first-order valence-electron chi connectivity index (χ1n) is 5.45. The molecular weight excluding hydrogens is 200 g/mol. The van der Waals surface area contributed by atoms with Crippen molar-refractivity contribution in [3.05, 3.63) is 23.5 Å². The average Bonchev–Trinajstić information content (AvgIpc) is 2.55. The molecule has 0 unspecified atom stereocenters. The lowest BCUT2D eigenvalue weighted by molar-refractivity contribution is 0.558. The van der Waals surface area contributed by atoms with Gasteiger partial charge in [0.1, 0.15) is 0 Å². The molecule has 2 N–H and O–H groups in total. The SMILES string of the molecule is Cn1nc(C(C)(C)C)c2cc(CN)cnc21. The first-order chi connectivity index (χ1) is 7.43. The summed E-state index contributed by atoms with van der Waals surface area (Å²) in [6, 6.07) is 2.09. The average molecular weight is 218 g/mol. The summed E-state index contributed by atoms with van der Waals surface area (Å²) in [6.07, 6.45) is 1.82. The minimum Gasteiger partial charge on any atom is -0.326 e. The molecule has 2 aromatic rings. The topological polar surface area (TPSA) is 56.7 Å². The van der Waals surface area contributed by atoms with Crippen molar-refractivity contribution in [2.45, 2.75) is 32.7 Å². The van der Waals surface area contributed by atoms with Gasteiger partial charge in [0, 0.05) is 30.6 Å². The third-order valence-corrected chi connectivity index (χ3v) is 2.68. The largest absolute Gasteiger partial charge is 0.326 e. The maximum Gasteiger partial charge on any atom is 0.157 e. The summed E-state index contributed by atoms with van der Waals surface area (Å²) in [4.78, 5) is 4.41. The zero-order valence-corrected chi connectivity index (χ0v) is 10.3. The molecule has 86 valence electrons. The predicted octanol–water partition coefficient (Wildman–Crippen LogP) is 1.72. The van der Waals surface area contributed by atoms with Gasteiger partial charge >= 0.3 is 0 Å². The third-order valence-electron chi connectivity index (χ3n) is 2.68. The van der Waals surface area contributed by atoms with Crippen LogP contribution in [0.25, 0.3) is 11.0 Å². The van der Waals surface area contributed by atoms with Gasteiger partial charge in [-0.2, -0.15) is 5.10 Å². The van der Waals surface area contributed by atoms with Gasteiger partial charge in [0.05, 0.1) is 5.69 Å². The fourth-order valence-corrected chi connectivity index (χ4v) is 1.85. The Hall–Kier alpha value is -1.42. The quantitative estimate of drug-likeness (QED) is 0.793. The Labute approximate surface area is 95.5 Å². The summed E-state index contributed by atoms with van der Waals surface area (Å²) in [6.45, 7) is 6.99. The van der Waals surface area contributed by atoms with Gasteiger partial charge in [-0.1, -0.05) is 20.8 Å². The van der Waals surface area contributed by atoms with Gasteiger partial charge in [-0.25, -0.2) is 4.98 Å². The molecule has 2 aromatic heterocycles. The van der Waals surface area contributed by atoms with Crippen molar-refractivity contribution in [1.82, 2.24) is 14.8 Å². The number of rotatable bonds is 1. The van der Waals surface area contributed by atoms with Crippen LogP contribution in [0.1, 0.15) is 32.0 Å². The van der Waals surface area contributed by atoms with E-state index in [1.807, 2.05) is 17.9 Å². The van der Waals surface area contributed by atoms with Gasteiger partial charge in [0.15, 0.2) is 5.65 Å². The van der Waals surface area contributed by atoms with E-state index < -0.39 is 0 Å². The Bertz CT molecular complexity index is 520. The summed E-state index contributed by atoms with van der Waals surface area (Å²) < 4.78 is 1.83. The van der Waals surface area contributed by atoms with Crippen molar-refractivity contribution in [2.24, 2.45) is 12.8 Å². The van der Waals surface area contributed by atoms with E-state index in [1.54, 1.807) is 0 Å². The van der Waals surface area contributed by atoms with Crippen molar-refractivity contribution >= 4 is 11.0 Å². The molecule has 0 aromatic carbocycles. The molecule has 0 amide bonds. The molecular formula is C12H18N4. The van der Waals surface area contributed by atoms with Gasteiger partial charge in [0.2, 0.25) is 0 Å². The van der Waals surface area contributed by atoms with Crippen LogP contribution in [0, 0.1) is 0 Å². The first-order valence-corrected chi connectivity index (χ1v) is 5.45. The fourth-order valence-electron chi connectivity index (χ4n) is 1.85. The Morgan fingerprint density at radius 1 is 1.38 bits per heavy atom. The van der Waals surface area contributed by atoms with E-state index in [1.165, 1.54) is 0 Å². The number of nitrogens with two attached hydrogens (primary N) is 1. The highest BCUT2D eigenvalue weighted by Crippen LogP contribution is 2.28. The lowest BCUT2D eigenvalue weighted by atomic mass is 9.90. The van der Waals surface area contributed by atoms with Gasteiger partial charge in [-0.05, 0) is 11.6 Å². The second kappa shape index (κ2) is 3.56. The van der Waals surface area contributed by atoms with Crippen LogP contribution in [0.5, 0.6) is 0 Å². The smallest absolute Gasteiger partial charge is 0.157 e. The van der Waals surface area contributed by atoms with E-state index in [0.29, 0.717) is 6.54 Å². The minimum atomic E-state index is 0.0222. The number of fused-ring (bicyclic) bond motifs is 1. The van der Waals surface area contributed by atoms with Gasteiger partial charge in [-0.15, -0.1) is 0 Å². The number of hydrogen-bond donors (Lipinski definition) is 1. The minimum absolute atomic E-state index is 0.0222. The maximum atomic E-state index is 5.64. The number of aromatic nitrogens is 3. The molecule has 0 radical (unpaired) electrons. The molecule has 0 saturated carbocycles. The number of hydrogen-bond acceptors (Lipinski definition) is 3. The summed E-state index contributed by atoms with van der Waals surface area (Å²) in [5, 5.41) is 5.66. The third kappa shape index (κ3) is 1.69. The van der Waals surface area contributed by atoms with Crippen molar-refractivity contribution in [2.75, 3.05) is 0 Å². The van der Waals surface area contributed by atoms with Crippen LogP contribution in [0.15, 0.2) is 12.3 Å². The first kappa shape index (κ1) is 11.1. The van der Waals surface area contributed by atoms with E-state index in [0.717, 1.165) is 22.3 Å². The Morgan fingerprint density at radius 3 is 2.62 bits per heavy atom. The summed E-state index contributed by atoms with van der Waals surface area (Å²) in [7, 11) is 1.92. The molecule has 4 nitrogen and oxygen atoms in total. The molecule has 4 heteroatoms. The van der Waals surface area contributed by atoms with Gasteiger partial charge < -0.3 is 5.73 Å². The van der Waals surface area contributed by atoms with Crippen molar-refractivity contribution in [3.63, 3.8) is 0 Å². The second-order valence-corrected chi connectivity index (χ2v) is 5.14. The monoisotopic (exact) mass is 218 g/mol. The van der Waals surface area contributed by atoms with Crippen LogP contribution in [-0.2, 0) is 19.0 Å². The predicted molar refractivity (Wildman–Crippen MR) is 65.1 cm³/mol. The highest BCUT2D eigenvalue weighted by molar-refractivity contribution is 5.79. The summed E-state index contributed by atoms with van der Waals surface area (Å²) in [5.74, 6) is 0. The molecule has 0 aliphatic carbocycles. The van der Waals surface area contributed by atoms with Gasteiger partial charge in [0.25, 0.3) is 0 Å². The Kier molecular flexibility index (Phi) is 2.46. The number of pyridine rings is 1. The molecule has 16 heavy (non-hydrogen) atoms. The Balaban J connectivity index is 2.75. The number of aryl methyl sites for hydroxylation is 1. The molecule has 0 aliphatic heterocycles. The fraction of sp³-hybridized carbons (Fsp3) is 0.500. The van der Waals surface area contributed by atoms with E-state index >= 15 is 0 Å². The standard InChI is InChI=1S/C12H18N4/c1-12(2,3)10-9-5-8(6-13)7-14-11(9)16(4)15-10/h5,7H,6,13H2,1-4H3. The Morgan fingerprint density at radius 2 is 2.06 bits per heavy atom. The zero-order valence-electron chi connectivity index (χ0n) is 10.3. The maximum absolute atomic E-state index is 5.64. The van der Waals surface area contributed by atoms with E-state index in [9.17, 15) is 0 Å². The number of nitrogens with zero attached hydrogens (tertiary/aromatic N) is 3. The molecule has 0 atom stereocenters. The summed E-state index contributed by atoms with van der Waals surface area (Å²) in [5.41, 5.74) is 8.70. The van der Waals surface area contributed by atoms with Crippen molar-refractivity contribution in [3.8, 4) is 0 Å². The van der Waals surface area contributed by atoms with Crippen LogP contribution in [0.2, 0.25) is 0 Å². The van der Waals surface area contributed by atoms with Crippen LogP contribution in [-0.4, -0.2) is 14.8 Å². The van der Waals surface area contributed by atoms with Crippen LogP contribution in [0.4, 0.5) is 0 Å². The molecule has 0 bridgehead atoms. The lowest BCUT2D eigenvalue weighted by Crippen LogP contribution is -2.12. The molecule has 2 heterocycles. The normalized spacial score (nSPS) is 12.3. The van der Waals surface area contributed by atoms with Gasteiger partial charge in [-0.3, -0.25) is 4.68 Å². The van der Waals surface area contributed by atoms with E-state index in [2.05, 4.69) is 36.9 Å². The second-order valence-electron chi connectivity index (χ2n) is 5.14. The highest BCUT2D eigenvalue weighted by atomic mass is 15.3. The van der Waals surface area contributed by atoms with E-state index in [-0.39, 0.29) is 5.41 Å². The lowest BCUT2D eigenvalue weighted by Gasteiger charge is -2.15. The molecule has 0 saturated heterocycles. The highest BCUT2D eigenvalue weighted by Gasteiger charge is 2.22.